The quantitative estimate of drug-likeness (QED) is 0.619. The molecule has 0 bridgehead atoms. The van der Waals surface area contributed by atoms with Crippen molar-refractivity contribution >= 4 is 0 Å². The minimum Gasteiger partial charge on any atom is -0.339 e. The van der Waals surface area contributed by atoms with Gasteiger partial charge in [0.2, 0.25) is 0 Å². The Labute approximate surface area is 62.4 Å². The molecule has 0 amide bonds. The van der Waals surface area contributed by atoms with Gasteiger partial charge in [-0.1, -0.05) is 0 Å². The Morgan fingerprint density at radius 1 is 1.91 bits per heavy atom. The predicted octanol–water partition coefficient (Wildman–Crippen LogP) is -0.119. The molecule has 0 fully saturated rings. The summed E-state index contributed by atoms with van der Waals surface area (Å²) in [5, 5.41) is 10.5. The smallest absolute Gasteiger partial charge is 0.339 e. The van der Waals surface area contributed by atoms with Gasteiger partial charge in [-0.3, -0.25) is 0 Å². The number of aromatic amines is 1. The van der Waals surface area contributed by atoms with Gasteiger partial charge in [-0.05, 0) is 0 Å². The minimum absolute atomic E-state index is 0.114. The molecule has 0 aromatic carbocycles. The van der Waals surface area contributed by atoms with Crippen LogP contribution in [0.4, 0.5) is 0 Å². The van der Waals surface area contributed by atoms with Crippen LogP contribution in [0.1, 0.15) is 18.0 Å². The molecule has 1 atom stereocenters. The number of hydrogen-bond donors (Lipinski definition) is 2. The van der Waals surface area contributed by atoms with Crippen molar-refractivity contribution in [2.24, 2.45) is 5.73 Å². The maximum Gasteiger partial charge on any atom is 0.361 e. The largest absolute Gasteiger partial charge is 0.361 e. The topological polar surface area (TPSA) is 95.8 Å². The molecule has 1 rings (SSSR count). The molecular weight excluding hydrogens is 146 g/mol. The van der Waals surface area contributed by atoms with Crippen molar-refractivity contribution in [1.29, 1.82) is 5.26 Å². The SMILES string of the molecule is N#CC[C@@H](N)c1c[nH]oc1=O. The van der Waals surface area contributed by atoms with E-state index in [1.165, 1.54) is 6.20 Å². The summed E-state index contributed by atoms with van der Waals surface area (Å²) >= 11 is 0. The summed E-state index contributed by atoms with van der Waals surface area (Å²) in [6.07, 6.45) is 1.48. The zero-order valence-corrected chi connectivity index (χ0v) is 5.70. The van der Waals surface area contributed by atoms with Crippen LogP contribution in [0.15, 0.2) is 15.5 Å². The fourth-order valence-corrected chi connectivity index (χ4v) is 0.731. The van der Waals surface area contributed by atoms with Gasteiger partial charge in [-0.25, -0.2) is 9.95 Å². The van der Waals surface area contributed by atoms with Crippen LogP contribution in [0.3, 0.4) is 0 Å². The third-order valence-electron chi connectivity index (χ3n) is 1.31. The summed E-state index contributed by atoms with van der Waals surface area (Å²) < 4.78 is 4.36. The van der Waals surface area contributed by atoms with Gasteiger partial charge in [0.25, 0.3) is 0 Å². The van der Waals surface area contributed by atoms with Crippen LogP contribution in [-0.4, -0.2) is 5.16 Å². The molecule has 5 nitrogen and oxygen atoms in total. The molecule has 0 unspecified atom stereocenters. The molecule has 1 aromatic rings. The summed E-state index contributed by atoms with van der Waals surface area (Å²) in [4.78, 5) is 10.7. The molecule has 58 valence electrons. The van der Waals surface area contributed by atoms with Crippen molar-refractivity contribution in [2.45, 2.75) is 12.5 Å². The number of nitrogens with one attached hydrogen (secondary N) is 1. The molecule has 0 aliphatic heterocycles. The average Bonchev–Trinajstić information content (AvgIpc) is 2.36. The van der Waals surface area contributed by atoms with E-state index in [0.717, 1.165) is 0 Å². The molecule has 3 N–H and O–H groups in total. The van der Waals surface area contributed by atoms with Gasteiger partial charge in [0.15, 0.2) is 0 Å². The number of nitriles is 1. The summed E-state index contributed by atoms with van der Waals surface area (Å²) in [7, 11) is 0. The first-order valence-electron chi connectivity index (χ1n) is 3.05. The van der Waals surface area contributed by atoms with Gasteiger partial charge >= 0.3 is 5.63 Å². The van der Waals surface area contributed by atoms with Gasteiger partial charge in [0.1, 0.15) is 0 Å². The van der Waals surface area contributed by atoms with Gasteiger partial charge in [0.05, 0.1) is 24.1 Å². The highest BCUT2D eigenvalue weighted by atomic mass is 16.5. The molecule has 1 aromatic heterocycles. The molecule has 0 saturated heterocycles. The Morgan fingerprint density at radius 3 is 3.09 bits per heavy atom. The van der Waals surface area contributed by atoms with Crippen molar-refractivity contribution in [2.75, 3.05) is 0 Å². The zero-order valence-electron chi connectivity index (χ0n) is 5.70. The molecule has 0 saturated carbocycles. The maximum absolute atomic E-state index is 10.7. The van der Waals surface area contributed by atoms with Crippen molar-refractivity contribution in [3.05, 3.63) is 22.2 Å². The Morgan fingerprint density at radius 2 is 2.64 bits per heavy atom. The molecule has 0 aliphatic rings. The lowest BCUT2D eigenvalue weighted by Gasteiger charge is -1.98. The lowest BCUT2D eigenvalue weighted by Crippen LogP contribution is -2.15. The Kier molecular flexibility index (Phi) is 2.09. The second-order valence-corrected chi connectivity index (χ2v) is 2.08. The Balaban J connectivity index is 2.86. The fourth-order valence-electron chi connectivity index (χ4n) is 0.731. The predicted molar refractivity (Wildman–Crippen MR) is 36.5 cm³/mol. The second-order valence-electron chi connectivity index (χ2n) is 2.08. The zero-order chi connectivity index (χ0) is 8.27. The van der Waals surface area contributed by atoms with Crippen LogP contribution in [0.5, 0.6) is 0 Å². The van der Waals surface area contributed by atoms with Crippen molar-refractivity contribution < 1.29 is 4.52 Å². The number of rotatable bonds is 2. The van der Waals surface area contributed by atoms with E-state index in [0.29, 0.717) is 5.56 Å². The first-order chi connectivity index (χ1) is 5.25. The molecule has 0 spiro atoms. The lowest BCUT2D eigenvalue weighted by molar-refractivity contribution is 0.389. The van der Waals surface area contributed by atoms with E-state index < -0.39 is 11.7 Å². The lowest BCUT2D eigenvalue weighted by atomic mass is 10.1. The first-order valence-corrected chi connectivity index (χ1v) is 3.05. The highest BCUT2D eigenvalue weighted by Gasteiger charge is 2.11. The second kappa shape index (κ2) is 3.03. The molecular formula is C6H7N3O2. The van der Waals surface area contributed by atoms with Crippen LogP contribution >= 0.6 is 0 Å². The number of aromatic nitrogens is 1. The maximum atomic E-state index is 10.7. The minimum atomic E-state index is -0.553. The summed E-state index contributed by atoms with van der Waals surface area (Å²) in [6.45, 7) is 0. The number of nitrogens with two attached hydrogens (primary N) is 1. The van der Waals surface area contributed by atoms with E-state index >= 15 is 0 Å². The third-order valence-corrected chi connectivity index (χ3v) is 1.31. The first kappa shape index (κ1) is 7.57. The normalized spacial score (nSPS) is 12.4. The van der Waals surface area contributed by atoms with Crippen LogP contribution in [0.25, 0.3) is 0 Å². The van der Waals surface area contributed by atoms with E-state index in [2.05, 4.69) is 9.68 Å². The Hall–Kier alpha value is -1.54. The van der Waals surface area contributed by atoms with Crippen molar-refractivity contribution in [3.8, 4) is 6.07 Å². The molecule has 1 heterocycles. The number of nitrogens with zero attached hydrogens (tertiary/aromatic N) is 1. The van der Waals surface area contributed by atoms with Crippen LogP contribution in [-0.2, 0) is 0 Å². The molecule has 11 heavy (non-hydrogen) atoms. The van der Waals surface area contributed by atoms with E-state index in [4.69, 9.17) is 11.0 Å². The monoisotopic (exact) mass is 153 g/mol. The molecule has 5 heteroatoms. The highest BCUT2D eigenvalue weighted by Crippen LogP contribution is 2.06. The van der Waals surface area contributed by atoms with Gasteiger partial charge in [-0.15, -0.1) is 0 Å². The number of H-pyrrole nitrogens is 1. The van der Waals surface area contributed by atoms with Crippen LogP contribution in [0.2, 0.25) is 0 Å². The highest BCUT2D eigenvalue weighted by molar-refractivity contribution is 5.08. The van der Waals surface area contributed by atoms with E-state index in [1.807, 2.05) is 6.07 Å². The number of hydrogen-bond acceptors (Lipinski definition) is 4. The average molecular weight is 153 g/mol. The van der Waals surface area contributed by atoms with E-state index in [1.54, 1.807) is 0 Å². The van der Waals surface area contributed by atoms with E-state index in [-0.39, 0.29) is 6.42 Å². The van der Waals surface area contributed by atoms with Crippen LogP contribution in [0, 0.1) is 11.3 Å². The van der Waals surface area contributed by atoms with E-state index in [9.17, 15) is 4.79 Å². The van der Waals surface area contributed by atoms with Crippen molar-refractivity contribution in [3.63, 3.8) is 0 Å². The Bertz CT molecular complexity index is 319. The van der Waals surface area contributed by atoms with Gasteiger partial charge in [0, 0.05) is 6.20 Å². The van der Waals surface area contributed by atoms with Gasteiger partial charge < -0.3 is 10.3 Å². The van der Waals surface area contributed by atoms with Crippen molar-refractivity contribution in [1.82, 2.24) is 5.16 Å². The molecule has 0 aliphatic carbocycles. The van der Waals surface area contributed by atoms with Gasteiger partial charge in [-0.2, -0.15) is 5.26 Å². The summed E-state index contributed by atoms with van der Waals surface area (Å²) in [5.41, 5.74) is 5.25. The summed E-state index contributed by atoms with van der Waals surface area (Å²) in [6, 6.07) is 1.31. The summed E-state index contributed by atoms with van der Waals surface area (Å²) in [5.74, 6) is 0. The third kappa shape index (κ3) is 1.48. The standard InChI is InChI=1S/C6H7N3O2/c7-2-1-5(8)4-3-9-11-6(4)10/h3,5,9H,1,8H2/t5-/m1/s1. The molecule has 0 radical (unpaired) electrons. The fraction of sp³-hybridized carbons (Fsp3) is 0.333. The van der Waals surface area contributed by atoms with Crippen LogP contribution < -0.4 is 11.4 Å².